The van der Waals surface area contributed by atoms with E-state index in [1.807, 2.05) is 33.8 Å². The summed E-state index contributed by atoms with van der Waals surface area (Å²) in [6.45, 7) is 9.04. The minimum absolute atomic E-state index is 0.334. The third kappa shape index (κ3) is 4.57. The first-order valence-corrected chi connectivity index (χ1v) is 10.5. The van der Waals surface area contributed by atoms with E-state index >= 15 is 0 Å². The molecule has 3 rings (SSSR count). The molecule has 2 aromatic rings. The molecule has 1 aliphatic rings. The van der Waals surface area contributed by atoms with E-state index in [0.29, 0.717) is 30.3 Å². The van der Waals surface area contributed by atoms with Crippen LogP contribution in [0.15, 0.2) is 12.1 Å². The summed E-state index contributed by atoms with van der Waals surface area (Å²) in [4.78, 5) is 48.0. The fourth-order valence-electron chi connectivity index (χ4n) is 4.01. The van der Waals surface area contributed by atoms with Crippen molar-refractivity contribution in [3.8, 4) is 5.95 Å². The molecule has 0 bridgehead atoms. The van der Waals surface area contributed by atoms with Crippen molar-refractivity contribution in [3.63, 3.8) is 0 Å². The van der Waals surface area contributed by atoms with Crippen molar-refractivity contribution < 1.29 is 14.4 Å². The molecule has 0 spiro atoms. The van der Waals surface area contributed by atoms with Crippen molar-refractivity contribution >= 4 is 23.7 Å². The van der Waals surface area contributed by atoms with Crippen LogP contribution in [0.1, 0.15) is 56.6 Å². The topological polar surface area (TPSA) is 122 Å². The van der Waals surface area contributed by atoms with Crippen molar-refractivity contribution in [2.24, 2.45) is 0 Å². The van der Waals surface area contributed by atoms with E-state index in [0.717, 1.165) is 29.1 Å². The highest BCUT2D eigenvalue weighted by Gasteiger charge is 2.50. The van der Waals surface area contributed by atoms with Crippen molar-refractivity contribution in [1.29, 1.82) is 0 Å². The Labute approximate surface area is 181 Å². The summed E-state index contributed by atoms with van der Waals surface area (Å²) in [5, 5.41) is 9.91. The molecule has 0 atom stereocenters. The summed E-state index contributed by atoms with van der Waals surface area (Å²) in [5.41, 5.74) is 1.29. The monoisotopic (exact) mass is 427 g/mol. The molecule has 3 heterocycles. The lowest BCUT2D eigenvalue weighted by molar-refractivity contribution is -0.134. The van der Waals surface area contributed by atoms with Gasteiger partial charge in [-0.05, 0) is 39.7 Å². The number of nitrogens with one attached hydrogen (secondary N) is 2. The minimum atomic E-state index is -0.924. The van der Waals surface area contributed by atoms with Gasteiger partial charge in [0, 0.05) is 17.5 Å². The average Bonchev–Trinajstić information content (AvgIpc) is 3.14. The fourth-order valence-corrected chi connectivity index (χ4v) is 4.01. The zero-order valence-corrected chi connectivity index (χ0v) is 18.7. The van der Waals surface area contributed by atoms with Gasteiger partial charge in [-0.15, -0.1) is 0 Å². The van der Waals surface area contributed by atoms with Gasteiger partial charge in [0.05, 0.1) is 5.69 Å². The molecular weight excluding hydrogens is 398 g/mol. The smallest absolute Gasteiger partial charge is 0.323 e. The second-order valence-electron chi connectivity index (χ2n) is 7.99. The molecule has 4 amide bonds. The minimum Gasteiger partial charge on any atom is -0.323 e. The van der Waals surface area contributed by atoms with Crippen LogP contribution >= 0.6 is 0 Å². The standard InChI is InChI=1S/C21H29N7O3/c1-6-8-21(9-7-2)18(30)27(20(31)25-21)12-17(29)24-16-11-15(5)26-28(16)19-22-13(3)10-14(4)23-19/h10-11H,6-9,12H2,1-5H3,(H,24,29)(H,25,31). The number of carbonyl (C=O) groups excluding carboxylic acids is 3. The van der Waals surface area contributed by atoms with Gasteiger partial charge < -0.3 is 10.6 Å². The van der Waals surface area contributed by atoms with Crippen LogP contribution < -0.4 is 10.6 Å². The van der Waals surface area contributed by atoms with E-state index in [1.165, 1.54) is 4.68 Å². The highest BCUT2D eigenvalue weighted by molar-refractivity contribution is 6.10. The van der Waals surface area contributed by atoms with Crippen LogP contribution in [-0.4, -0.2) is 54.6 Å². The van der Waals surface area contributed by atoms with E-state index in [9.17, 15) is 14.4 Å². The van der Waals surface area contributed by atoms with Gasteiger partial charge in [-0.1, -0.05) is 26.7 Å². The number of carbonyl (C=O) groups is 3. The zero-order valence-electron chi connectivity index (χ0n) is 18.7. The fraction of sp³-hybridized carbons (Fsp3) is 0.524. The molecule has 0 unspecified atom stereocenters. The summed E-state index contributed by atoms with van der Waals surface area (Å²) in [7, 11) is 0. The molecule has 1 aliphatic heterocycles. The molecule has 10 heteroatoms. The van der Waals surface area contributed by atoms with Crippen LogP contribution in [-0.2, 0) is 9.59 Å². The van der Waals surface area contributed by atoms with Gasteiger partial charge in [0.15, 0.2) is 0 Å². The zero-order chi connectivity index (χ0) is 22.8. The van der Waals surface area contributed by atoms with Crippen LogP contribution in [0.5, 0.6) is 0 Å². The van der Waals surface area contributed by atoms with E-state index < -0.39 is 17.5 Å². The quantitative estimate of drug-likeness (QED) is 0.624. The van der Waals surface area contributed by atoms with Gasteiger partial charge in [0.1, 0.15) is 17.9 Å². The Hall–Kier alpha value is -3.30. The summed E-state index contributed by atoms with van der Waals surface area (Å²) < 4.78 is 1.44. The van der Waals surface area contributed by atoms with Crippen LogP contribution in [0.25, 0.3) is 5.95 Å². The van der Waals surface area contributed by atoms with Gasteiger partial charge in [0.25, 0.3) is 11.9 Å². The first kappa shape index (κ1) is 22.4. The molecule has 166 valence electrons. The third-order valence-electron chi connectivity index (χ3n) is 5.16. The first-order chi connectivity index (χ1) is 14.7. The van der Waals surface area contributed by atoms with Crippen LogP contribution in [0.3, 0.4) is 0 Å². The number of aromatic nitrogens is 4. The van der Waals surface area contributed by atoms with E-state index in [2.05, 4.69) is 25.7 Å². The Morgan fingerprint density at radius 3 is 2.23 bits per heavy atom. The van der Waals surface area contributed by atoms with Crippen LogP contribution in [0.2, 0.25) is 0 Å². The molecule has 0 saturated carbocycles. The Bertz CT molecular complexity index is 988. The molecular formula is C21H29N7O3. The summed E-state index contributed by atoms with van der Waals surface area (Å²) >= 11 is 0. The predicted molar refractivity (Wildman–Crippen MR) is 115 cm³/mol. The van der Waals surface area contributed by atoms with Crippen LogP contribution in [0, 0.1) is 20.8 Å². The van der Waals surface area contributed by atoms with Gasteiger partial charge in [-0.2, -0.15) is 9.78 Å². The van der Waals surface area contributed by atoms with Gasteiger partial charge in [0.2, 0.25) is 5.91 Å². The molecule has 0 aromatic carbocycles. The van der Waals surface area contributed by atoms with Gasteiger partial charge in [-0.3, -0.25) is 14.5 Å². The van der Waals surface area contributed by atoms with Gasteiger partial charge >= 0.3 is 6.03 Å². The summed E-state index contributed by atoms with van der Waals surface area (Å²) in [5.74, 6) is -0.148. The Morgan fingerprint density at radius 2 is 1.65 bits per heavy atom. The number of rotatable bonds is 8. The number of nitrogens with zero attached hydrogens (tertiary/aromatic N) is 5. The molecule has 2 aromatic heterocycles. The highest BCUT2D eigenvalue weighted by Crippen LogP contribution is 2.28. The normalized spacial score (nSPS) is 15.3. The maximum absolute atomic E-state index is 13.0. The summed E-state index contributed by atoms with van der Waals surface area (Å²) in [6, 6.07) is 2.99. The second-order valence-corrected chi connectivity index (χ2v) is 7.99. The highest BCUT2D eigenvalue weighted by atomic mass is 16.2. The van der Waals surface area contributed by atoms with E-state index in [-0.39, 0.29) is 12.5 Å². The molecule has 0 aliphatic carbocycles. The number of amides is 4. The number of urea groups is 1. The Kier molecular flexibility index (Phi) is 6.37. The molecule has 2 N–H and O–H groups in total. The Morgan fingerprint density at radius 1 is 1.03 bits per heavy atom. The Balaban J connectivity index is 1.79. The predicted octanol–water partition coefficient (Wildman–Crippen LogP) is 2.42. The van der Waals surface area contributed by atoms with Crippen molar-refractivity contribution in [1.82, 2.24) is 30.0 Å². The lowest BCUT2D eigenvalue weighted by Gasteiger charge is -2.25. The average molecular weight is 428 g/mol. The molecule has 1 saturated heterocycles. The lowest BCUT2D eigenvalue weighted by Crippen LogP contribution is -2.47. The molecule has 0 radical (unpaired) electrons. The maximum Gasteiger partial charge on any atom is 0.325 e. The second kappa shape index (κ2) is 8.83. The lowest BCUT2D eigenvalue weighted by atomic mass is 9.88. The number of hydrogen-bond acceptors (Lipinski definition) is 6. The maximum atomic E-state index is 13.0. The van der Waals surface area contributed by atoms with Crippen molar-refractivity contribution in [2.45, 2.75) is 65.8 Å². The van der Waals surface area contributed by atoms with E-state index in [4.69, 9.17) is 0 Å². The molecule has 10 nitrogen and oxygen atoms in total. The number of anilines is 1. The van der Waals surface area contributed by atoms with E-state index in [1.54, 1.807) is 13.0 Å². The number of aryl methyl sites for hydroxylation is 3. The number of imide groups is 1. The van der Waals surface area contributed by atoms with Crippen molar-refractivity contribution in [2.75, 3.05) is 11.9 Å². The first-order valence-electron chi connectivity index (χ1n) is 10.5. The SMILES string of the molecule is CCCC1(CCC)NC(=O)N(CC(=O)Nc2cc(C)nn2-c2nc(C)cc(C)n2)C1=O. The van der Waals surface area contributed by atoms with Gasteiger partial charge in [-0.25, -0.2) is 14.8 Å². The summed E-state index contributed by atoms with van der Waals surface area (Å²) in [6.07, 6.45) is 2.58. The molecule has 1 fully saturated rings. The number of hydrogen-bond donors (Lipinski definition) is 2. The van der Waals surface area contributed by atoms with Crippen LogP contribution in [0.4, 0.5) is 10.6 Å². The third-order valence-corrected chi connectivity index (χ3v) is 5.16. The van der Waals surface area contributed by atoms with Crippen molar-refractivity contribution in [3.05, 3.63) is 29.2 Å². The largest absolute Gasteiger partial charge is 0.325 e. The molecule has 31 heavy (non-hydrogen) atoms.